The van der Waals surface area contributed by atoms with Gasteiger partial charge in [-0.2, -0.15) is 0 Å². The molecule has 0 spiro atoms. The van der Waals surface area contributed by atoms with Crippen molar-refractivity contribution in [3.05, 3.63) is 59.4 Å². The number of anilines is 1. The molecule has 5 nitrogen and oxygen atoms in total. The molecule has 1 aliphatic heterocycles. The van der Waals surface area contributed by atoms with Crippen molar-refractivity contribution in [1.29, 1.82) is 0 Å². The molecule has 8 heteroatoms. The summed E-state index contributed by atoms with van der Waals surface area (Å²) in [7, 11) is -3.56. The fraction of sp³-hybridized carbons (Fsp3) is 0.333. The zero-order chi connectivity index (χ0) is 18.6. The maximum atomic E-state index is 13.9. The Bertz CT molecular complexity index is 855. The van der Waals surface area contributed by atoms with Crippen LogP contribution in [-0.2, 0) is 10.0 Å². The van der Waals surface area contributed by atoms with Crippen LogP contribution >= 0.6 is 11.6 Å². The Balaban J connectivity index is 1.48. The van der Waals surface area contributed by atoms with E-state index in [-0.39, 0.29) is 10.7 Å². The summed E-state index contributed by atoms with van der Waals surface area (Å²) in [4.78, 5) is 4.34. The van der Waals surface area contributed by atoms with Gasteiger partial charge in [0.25, 0.3) is 0 Å². The number of halogens is 2. The molecule has 0 unspecified atom stereocenters. The fourth-order valence-electron chi connectivity index (χ4n) is 2.98. The quantitative estimate of drug-likeness (QED) is 0.814. The molecule has 1 aliphatic rings. The molecule has 0 aromatic heterocycles. The Morgan fingerprint density at radius 2 is 1.77 bits per heavy atom. The van der Waals surface area contributed by atoms with Crippen LogP contribution in [0.4, 0.5) is 10.1 Å². The van der Waals surface area contributed by atoms with E-state index in [0.29, 0.717) is 36.9 Å². The van der Waals surface area contributed by atoms with E-state index in [1.54, 1.807) is 24.3 Å². The zero-order valence-corrected chi connectivity index (χ0v) is 15.8. The van der Waals surface area contributed by atoms with Crippen molar-refractivity contribution in [2.45, 2.75) is 4.90 Å². The molecule has 1 N–H and O–H groups in total. The highest BCUT2D eigenvalue weighted by Crippen LogP contribution is 2.20. The largest absolute Gasteiger partial charge is 0.367 e. The van der Waals surface area contributed by atoms with E-state index in [4.69, 9.17) is 11.6 Å². The van der Waals surface area contributed by atoms with Gasteiger partial charge in [0.1, 0.15) is 5.82 Å². The minimum atomic E-state index is -3.56. The number of benzene rings is 2. The molecule has 0 saturated carbocycles. The molecular formula is C18H21ClFN3O2S. The molecule has 1 heterocycles. The second kappa shape index (κ2) is 8.35. The summed E-state index contributed by atoms with van der Waals surface area (Å²) in [5.74, 6) is -0.213. The summed E-state index contributed by atoms with van der Waals surface area (Å²) < 4.78 is 41.0. The predicted molar refractivity (Wildman–Crippen MR) is 102 cm³/mol. The molecule has 1 saturated heterocycles. The monoisotopic (exact) mass is 397 g/mol. The SMILES string of the molecule is O=S(=O)(NCCN1CCN(c2ccccc2F)CC1)c1cccc(Cl)c1. The maximum Gasteiger partial charge on any atom is 0.240 e. The van der Waals surface area contributed by atoms with Crippen molar-refractivity contribution in [2.75, 3.05) is 44.2 Å². The van der Waals surface area contributed by atoms with E-state index in [1.165, 1.54) is 18.2 Å². The Morgan fingerprint density at radius 1 is 1.04 bits per heavy atom. The number of hydrogen-bond donors (Lipinski definition) is 1. The third-order valence-electron chi connectivity index (χ3n) is 4.39. The Hall–Kier alpha value is -1.67. The van der Waals surface area contributed by atoms with Crippen molar-refractivity contribution >= 4 is 27.3 Å². The van der Waals surface area contributed by atoms with Gasteiger partial charge in [0.2, 0.25) is 10.0 Å². The summed E-state index contributed by atoms with van der Waals surface area (Å²) >= 11 is 5.85. The third kappa shape index (κ3) is 4.73. The first-order chi connectivity index (χ1) is 12.5. The van der Waals surface area contributed by atoms with Crippen molar-refractivity contribution in [1.82, 2.24) is 9.62 Å². The number of nitrogens with one attached hydrogen (secondary N) is 1. The topological polar surface area (TPSA) is 52.7 Å². The summed E-state index contributed by atoms with van der Waals surface area (Å²) in [6.45, 7) is 3.85. The van der Waals surface area contributed by atoms with Gasteiger partial charge in [-0.25, -0.2) is 17.5 Å². The van der Waals surface area contributed by atoms with Gasteiger partial charge in [-0.3, -0.25) is 4.90 Å². The molecular weight excluding hydrogens is 377 g/mol. The van der Waals surface area contributed by atoms with Crippen LogP contribution in [0.5, 0.6) is 0 Å². The average molecular weight is 398 g/mol. The first kappa shape index (κ1) is 19.1. The Kier molecular flexibility index (Phi) is 6.13. The number of rotatable bonds is 6. The molecule has 0 atom stereocenters. The minimum absolute atomic E-state index is 0.161. The van der Waals surface area contributed by atoms with Crippen molar-refractivity contribution < 1.29 is 12.8 Å². The first-order valence-electron chi connectivity index (χ1n) is 8.43. The molecule has 2 aromatic carbocycles. The lowest BCUT2D eigenvalue weighted by atomic mass is 10.2. The molecule has 140 valence electrons. The van der Waals surface area contributed by atoms with Crippen LogP contribution in [0.3, 0.4) is 0 Å². The lowest BCUT2D eigenvalue weighted by molar-refractivity contribution is 0.261. The lowest BCUT2D eigenvalue weighted by Crippen LogP contribution is -2.48. The van der Waals surface area contributed by atoms with E-state index < -0.39 is 10.0 Å². The highest BCUT2D eigenvalue weighted by molar-refractivity contribution is 7.89. The highest BCUT2D eigenvalue weighted by Gasteiger charge is 2.20. The molecule has 0 aliphatic carbocycles. The van der Waals surface area contributed by atoms with Crippen LogP contribution in [-0.4, -0.2) is 52.6 Å². The number of sulfonamides is 1. The molecule has 0 radical (unpaired) electrons. The van der Waals surface area contributed by atoms with Crippen molar-refractivity contribution in [3.63, 3.8) is 0 Å². The van der Waals surface area contributed by atoms with Crippen LogP contribution in [0.25, 0.3) is 0 Å². The number of para-hydroxylation sites is 1. The van der Waals surface area contributed by atoms with Crippen LogP contribution in [0, 0.1) is 5.82 Å². The molecule has 1 fully saturated rings. The predicted octanol–water partition coefficient (Wildman–Crippen LogP) is 2.58. The normalized spacial score (nSPS) is 16.0. The maximum absolute atomic E-state index is 13.9. The van der Waals surface area contributed by atoms with Gasteiger partial charge in [0, 0.05) is 44.3 Å². The summed E-state index contributed by atoms with van der Waals surface area (Å²) in [6, 6.07) is 12.9. The van der Waals surface area contributed by atoms with Crippen molar-refractivity contribution in [2.24, 2.45) is 0 Å². The van der Waals surface area contributed by atoms with E-state index in [9.17, 15) is 12.8 Å². The fourth-order valence-corrected chi connectivity index (χ4v) is 4.30. The van der Waals surface area contributed by atoms with E-state index in [1.807, 2.05) is 11.0 Å². The van der Waals surface area contributed by atoms with Crippen LogP contribution in [0.2, 0.25) is 5.02 Å². The lowest BCUT2D eigenvalue weighted by Gasteiger charge is -2.36. The van der Waals surface area contributed by atoms with E-state index in [2.05, 4.69) is 9.62 Å². The van der Waals surface area contributed by atoms with Gasteiger partial charge in [0.15, 0.2) is 0 Å². The van der Waals surface area contributed by atoms with Gasteiger partial charge >= 0.3 is 0 Å². The van der Waals surface area contributed by atoms with E-state index >= 15 is 0 Å². The average Bonchev–Trinajstić information content (AvgIpc) is 2.63. The van der Waals surface area contributed by atoms with Gasteiger partial charge in [-0.05, 0) is 30.3 Å². The number of piperazine rings is 1. The van der Waals surface area contributed by atoms with Crippen LogP contribution < -0.4 is 9.62 Å². The van der Waals surface area contributed by atoms with E-state index in [0.717, 1.165) is 13.1 Å². The van der Waals surface area contributed by atoms with Gasteiger partial charge in [0.05, 0.1) is 10.6 Å². The van der Waals surface area contributed by atoms with Gasteiger partial charge in [-0.15, -0.1) is 0 Å². The summed E-state index contributed by atoms with van der Waals surface area (Å²) in [6.07, 6.45) is 0. The summed E-state index contributed by atoms with van der Waals surface area (Å²) in [5, 5.41) is 0.386. The van der Waals surface area contributed by atoms with Gasteiger partial charge < -0.3 is 4.90 Å². The number of hydrogen-bond acceptors (Lipinski definition) is 4. The van der Waals surface area contributed by atoms with Crippen LogP contribution in [0.1, 0.15) is 0 Å². The van der Waals surface area contributed by atoms with Gasteiger partial charge in [-0.1, -0.05) is 29.8 Å². The number of nitrogens with zero attached hydrogens (tertiary/aromatic N) is 2. The smallest absolute Gasteiger partial charge is 0.240 e. The second-order valence-electron chi connectivity index (χ2n) is 6.14. The minimum Gasteiger partial charge on any atom is -0.367 e. The second-order valence-corrected chi connectivity index (χ2v) is 8.34. The highest BCUT2D eigenvalue weighted by atomic mass is 35.5. The first-order valence-corrected chi connectivity index (χ1v) is 10.3. The Morgan fingerprint density at radius 3 is 2.46 bits per heavy atom. The third-order valence-corrected chi connectivity index (χ3v) is 6.09. The molecule has 0 bridgehead atoms. The molecule has 3 rings (SSSR count). The van der Waals surface area contributed by atoms with Crippen LogP contribution in [0.15, 0.2) is 53.4 Å². The Labute approximate surface area is 158 Å². The molecule has 26 heavy (non-hydrogen) atoms. The molecule has 2 aromatic rings. The van der Waals surface area contributed by atoms with Crippen molar-refractivity contribution in [3.8, 4) is 0 Å². The standard InChI is InChI=1S/C18H21ClFN3O2S/c19-15-4-3-5-16(14-15)26(24,25)21-8-9-22-10-12-23(13-11-22)18-7-2-1-6-17(18)20/h1-7,14,21H,8-13H2. The zero-order valence-electron chi connectivity index (χ0n) is 14.2. The summed E-state index contributed by atoms with van der Waals surface area (Å²) in [5.41, 5.74) is 0.619. The molecule has 0 amide bonds.